The summed E-state index contributed by atoms with van der Waals surface area (Å²) in [5.41, 5.74) is 10.7. The van der Waals surface area contributed by atoms with Crippen molar-refractivity contribution in [1.29, 1.82) is 0 Å². The number of hydrogen-bond donors (Lipinski definition) is 3. The number of rotatable bonds is 4. The van der Waals surface area contributed by atoms with Crippen molar-refractivity contribution >= 4 is 23.4 Å². The van der Waals surface area contributed by atoms with Crippen molar-refractivity contribution in [3.8, 4) is 22.3 Å². The molecule has 0 aromatic heterocycles. The van der Waals surface area contributed by atoms with Crippen molar-refractivity contribution < 1.29 is 14.8 Å². The number of halogens is 1. The van der Waals surface area contributed by atoms with Gasteiger partial charge in [0.25, 0.3) is 5.91 Å². The van der Waals surface area contributed by atoms with Crippen LogP contribution in [-0.2, 0) is 0 Å². The number of nitrogens with two attached hydrogens (primary N) is 1. The molecule has 5 nitrogen and oxygen atoms in total. The second kappa shape index (κ2) is 7.39. The molecule has 0 fully saturated rings. The minimum Gasteiger partial charge on any atom is -0.366 e. The molecule has 0 saturated carbocycles. The van der Waals surface area contributed by atoms with Crippen molar-refractivity contribution in [1.82, 2.24) is 5.48 Å². The van der Waals surface area contributed by atoms with Crippen LogP contribution in [-0.4, -0.2) is 17.0 Å². The summed E-state index contributed by atoms with van der Waals surface area (Å²) < 4.78 is 0. The third kappa shape index (κ3) is 3.31. The maximum absolute atomic E-state index is 12.0. The average molecular weight is 367 g/mol. The highest BCUT2D eigenvalue weighted by Gasteiger charge is 2.18. The van der Waals surface area contributed by atoms with E-state index in [1.807, 2.05) is 18.2 Å². The molecular formula is C20H15ClN2O3. The summed E-state index contributed by atoms with van der Waals surface area (Å²) in [6.07, 6.45) is 0. The van der Waals surface area contributed by atoms with Gasteiger partial charge in [-0.3, -0.25) is 14.8 Å². The van der Waals surface area contributed by atoms with Gasteiger partial charge in [-0.05, 0) is 35.4 Å². The normalized spacial score (nSPS) is 10.4. The number of carbonyl (C=O) groups excluding carboxylic acids is 2. The van der Waals surface area contributed by atoms with Crippen LogP contribution in [0.2, 0.25) is 5.02 Å². The van der Waals surface area contributed by atoms with Crippen molar-refractivity contribution in [2.75, 3.05) is 0 Å². The van der Waals surface area contributed by atoms with E-state index in [4.69, 9.17) is 22.5 Å². The van der Waals surface area contributed by atoms with E-state index in [-0.39, 0.29) is 0 Å². The van der Waals surface area contributed by atoms with E-state index in [0.717, 1.165) is 11.1 Å². The number of benzene rings is 3. The standard InChI is InChI=1S/C20H15ClN2O3/c21-17-7-2-1-4-15(17)18-14(5-3-6-16(18)19(22)24)12-8-10-13(11-9-12)20(25)23-26/h1-11,26H,(H2,22,24)(H,23,25). The first-order valence-electron chi connectivity index (χ1n) is 7.75. The van der Waals surface area contributed by atoms with Crippen LogP contribution in [0.15, 0.2) is 66.7 Å². The van der Waals surface area contributed by atoms with E-state index >= 15 is 0 Å². The van der Waals surface area contributed by atoms with Crippen LogP contribution in [0.25, 0.3) is 22.3 Å². The molecule has 0 bridgehead atoms. The Morgan fingerprint density at radius 3 is 2.15 bits per heavy atom. The van der Waals surface area contributed by atoms with Crippen molar-refractivity contribution in [2.45, 2.75) is 0 Å². The Balaban J connectivity index is 2.22. The SMILES string of the molecule is NC(=O)c1cccc(-c2ccc(C(=O)NO)cc2)c1-c1ccccc1Cl. The summed E-state index contributed by atoms with van der Waals surface area (Å²) in [6.45, 7) is 0. The molecule has 0 heterocycles. The van der Waals surface area contributed by atoms with E-state index < -0.39 is 11.8 Å². The zero-order valence-corrected chi connectivity index (χ0v) is 14.3. The first-order valence-corrected chi connectivity index (χ1v) is 8.13. The van der Waals surface area contributed by atoms with Gasteiger partial charge in [0, 0.05) is 27.3 Å². The molecule has 0 unspecified atom stereocenters. The van der Waals surface area contributed by atoms with E-state index in [9.17, 15) is 9.59 Å². The summed E-state index contributed by atoms with van der Waals surface area (Å²) in [5.74, 6) is -1.16. The Labute approximate surface area is 155 Å². The molecule has 3 aromatic carbocycles. The Morgan fingerprint density at radius 2 is 1.54 bits per heavy atom. The molecule has 0 aliphatic heterocycles. The van der Waals surface area contributed by atoms with E-state index in [1.54, 1.807) is 54.0 Å². The smallest absolute Gasteiger partial charge is 0.274 e. The predicted octanol–water partition coefficient (Wildman–Crippen LogP) is 3.89. The van der Waals surface area contributed by atoms with Gasteiger partial charge < -0.3 is 5.73 Å². The van der Waals surface area contributed by atoms with Gasteiger partial charge in [-0.1, -0.05) is 54.1 Å². The number of hydrogen-bond acceptors (Lipinski definition) is 3. The molecule has 2 amide bonds. The van der Waals surface area contributed by atoms with Gasteiger partial charge in [0.05, 0.1) is 0 Å². The van der Waals surface area contributed by atoms with Crippen LogP contribution in [0.4, 0.5) is 0 Å². The van der Waals surface area contributed by atoms with E-state index in [2.05, 4.69) is 0 Å². The summed E-state index contributed by atoms with van der Waals surface area (Å²) >= 11 is 6.35. The minimum absolute atomic E-state index is 0.307. The maximum atomic E-state index is 12.0. The highest BCUT2D eigenvalue weighted by molar-refractivity contribution is 6.33. The molecule has 26 heavy (non-hydrogen) atoms. The summed E-state index contributed by atoms with van der Waals surface area (Å²) in [5, 5.41) is 9.23. The zero-order chi connectivity index (χ0) is 18.7. The summed E-state index contributed by atoms with van der Waals surface area (Å²) in [7, 11) is 0. The monoisotopic (exact) mass is 366 g/mol. The van der Waals surface area contributed by atoms with Gasteiger partial charge in [0.2, 0.25) is 5.91 Å². The van der Waals surface area contributed by atoms with E-state index in [1.165, 1.54) is 0 Å². The van der Waals surface area contributed by atoms with Gasteiger partial charge in [-0.25, -0.2) is 5.48 Å². The quantitative estimate of drug-likeness (QED) is 0.483. The van der Waals surface area contributed by atoms with Gasteiger partial charge in [0.1, 0.15) is 0 Å². The molecule has 130 valence electrons. The Bertz CT molecular complexity index is 985. The molecule has 0 spiro atoms. The molecular weight excluding hydrogens is 352 g/mol. The Kier molecular flexibility index (Phi) is 5.02. The molecule has 0 aliphatic carbocycles. The fourth-order valence-corrected chi connectivity index (χ4v) is 3.05. The predicted molar refractivity (Wildman–Crippen MR) is 100 cm³/mol. The number of nitrogens with one attached hydrogen (secondary N) is 1. The first kappa shape index (κ1) is 17.7. The van der Waals surface area contributed by atoms with Gasteiger partial charge in [-0.15, -0.1) is 0 Å². The maximum Gasteiger partial charge on any atom is 0.274 e. The lowest BCUT2D eigenvalue weighted by molar-refractivity contribution is 0.0706. The Hall–Kier alpha value is -3.15. The van der Waals surface area contributed by atoms with Gasteiger partial charge in [-0.2, -0.15) is 0 Å². The molecule has 3 aromatic rings. The van der Waals surface area contributed by atoms with Gasteiger partial charge in [0.15, 0.2) is 0 Å². The van der Waals surface area contributed by atoms with Gasteiger partial charge >= 0.3 is 0 Å². The van der Waals surface area contributed by atoms with Crippen LogP contribution >= 0.6 is 11.6 Å². The fraction of sp³-hybridized carbons (Fsp3) is 0. The first-order chi connectivity index (χ1) is 12.5. The highest BCUT2D eigenvalue weighted by atomic mass is 35.5. The Morgan fingerprint density at radius 1 is 0.885 bits per heavy atom. The van der Waals surface area contributed by atoms with Crippen LogP contribution in [0.5, 0.6) is 0 Å². The lowest BCUT2D eigenvalue weighted by Crippen LogP contribution is -2.18. The number of primary amides is 1. The van der Waals surface area contributed by atoms with Crippen LogP contribution < -0.4 is 11.2 Å². The average Bonchev–Trinajstić information content (AvgIpc) is 2.67. The lowest BCUT2D eigenvalue weighted by Gasteiger charge is -2.15. The molecule has 0 atom stereocenters. The van der Waals surface area contributed by atoms with Crippen molar-refractivity contribution in [3.05, 3.63) is 82.9 Å². The molecule has 3 rings (SSSR count). The minimum atomic E-state index is -0.603. The number of hydroxylamine groups is 1. The second-order valence-corrected chi connectivity index (χ2v) is 6.00. The van der Waals surface area contributed by atoms with Crippen molar-refractivity contribution in [3.63, 3.8) is 0 Å². The fourth-order valence-electron chi connectivity index (χ4n) is 2.82. The zero-order valence-electron chi connectivity index (χ0n) is 13.6. The number of carbonyl (C=O) groups is 2. The summed E-state index contributed by atoms with van der Waals surface area (Å²) in [6, 6.07) is 19.1. The number of amides is 2. The third-order valence-electron chi connectivity index (χ3n) is 4.03. The van der Waals surface area contributed by atoms with Crippen LogP contribution in [0.1, 0.15) is 20.7 Å². The van der Waals surface area contributed by atoms with Crippen molar-refractivity contribution in [2.24, 2.45) is 5.73 Å². The van der Waals surface area contributed by atoms with Crippen LogP contribution in [0, 0.1) is 0 Å². The molecule has 0 saturated heterocycles. The molecule has 6 heteroatoms. The molecule has 4 N–H and O–H groups in total. The van der Waals surface area contributed by atoms with E-state index in [0.29, 0.717) is 27.3 Å². The second-order valence-electron chi connectivity index (χ2n) is 5.59. The lowest BCUT2D eigenvalue weighted by atomic mass is 9.90. The molecule has 0 aliphatic rings. The largest absolute Gasteiger partial charge is 0.366 e. The highest BCUT2D eigenvalue weighted by Crippen LogP contribution is 2.38. The summed E-state index contributed by atoms with van der Waals surface area (Å²) in [4.78, 5) is 23.5. The molecule has 0 radical (unpaired) electrons. The third-order valence-corrected chi connectivity index (χ3v) is 4.36. The topological polar surface area (TPSA) is 92.4 Å². The van der Waals surface area contributed by atoms with Crippen LogP contribution in [0.3, 0.4) is 0 Å².